The van der Waals surface area contributed by atoms with E-state index >= 15 is 0 Å². The Bertz CT molecular complexity index is 746. The van der Waals surface area contributed by atoms with E-state index in [1.807, 2.05) is 19.2 Å². The number of hydrogen-bond acceptors (Lipinski definition) is 4. The van der Waals surface area contributed by atoms with E-state index in [0.717, 1.165) is 11.3 Å². The third-order valence-electron chi connectivity index (χ3n) is 4.55. The van der Waals surface area contributed by atoms with Gasteiger partial charge in [-0.3, -0.25) is 14.4 Å². The summed E-state index contributed by atoms with van der Waals surface area (Å²) in [7, 11) is 1.79. The van der Waals surface area contributed by atoms with E-state index < -0.39 is 5.97 Å². The third-order valence-corrected chi connectivity index (χ3v) is 4.55. The monoisotopic (exact) mass is 332 g/mol. The molecule has 2 aromatic rings. The predicted octanol–water partition coefficient (Wildman–Crippen LogP) is 1.95. The molecule has 128 valence electrons. The van der Waals surface area contributed by atoms with Gasteiger partial charge in [0.15, 0.2) is 0 Å². The first kappa shape index (κ1) is 16.6. The Balaban J connectivity index is 1.78. The van der Waals surface area contributed by atoms with Crippen LogP contribution in [0.3, 0.4) is 0 Å². The van der Waals surface area contributed by atoms with Crippen LogP contribution >= 0.6 is 0 Å². The average Bonchev–Trinajstić information content (AvgIpc) is 3.09. The fourth-order valence-corrected chi connectivity index (χ4v) is 3.46. The minimum atomic E-state index is -0.822. The molecule has 2 atom stereocenters. The van der Waals surface area contributed by atoms with Gasteiger partial charge in [-0.1, -0.05) is 22.9 Å². The molecule has 1 N–H and O–H groups in total. The van der Waals surface area contributed by atoms with Crippen LogP contribution < -0.4 is 0 Å². The molecule has 0 bridgehead atoms. The second-order valence-corrected chi connectivity index (χ2v) is 6.57. The summed E-state index contributed by atoms with van der Waals surface area (Å²) in [5.74, 6) is -1.09. The van der Waals surface area contributed by atoms with Gasteiger partial charge in [0.05, 0.1) is 12.1 Å². The van der Waals surface area contributed by atoms with Crippen molar-refractivity contribution in [2.75, 3.05) is 13.1 Å². The lowest BCUT2D eigenvalue weighted by Crippen LogP contribution is -2.21. The maximum atomic E-state index is 14.0. The number of carboxylic acid groups (broad SMARTS) is 1. The summed E-state index contributed by atoms with van der Waals surface area (Å²) in [6.07, 6.45) is 1.91. The van der Waals surface area contributed by atoms with Crippen molar-refractivity contribution < 1.29 is 14.3 Å². The van der Waals surface area contributed by atoms with Gasteiger partial charge in [0, 0.05) is 44.4 Å². The molecule has 6 nitrogen and oxygen atoms in total. The van der Waals surface area contributed by atoms with Crippen molar-refractivity contribution in [3.05, 3.63) is 47.0 Å². The van der Waals surface area contributed by atoms with Crippen molar-refractivity contribution in [3.63, 3.8) is 0 Å². The molecule has 3 rings (SSSR count). The van der Waals surface area contributed by atoms with Crippen LogP contribution in [-0.4, -0.2) is 44.1 Å². The van der Waals surface area contributed by atoms with Gasteiger partial charge in [0.1, 0.15) is 5.82 Å². The first-order valence-electron chi connectivity index (χ1n) is 7.97. The van der Waals surface area contributed by atoms with Crippen molar-refractivity contribution >= 4 is 5.97 Å². The van der Waals surface area contributed by atoms with E-state index in [1.165, 1.54) is 6.07 Å². The fourth-order valence-electron chi connectivity index (χ4n) is 3.46. The highest BCUT2D eigenvalue weighted by molar-refractivity contribution is 5.67. The zero-order valence-electron chi connectivity index (χ0n) is 13.8. The molecule has 1 aromatic carbocycles. The van der Waals surface area contributed by atoms with Crippen molar-refractivity contribution in [1.82, 2.24) is 19.9 Å². The molecule has 1 saturated heterocycles. The first-order valence-corrected chi connectivity index (χ1v) is 7.97. The van der Waals surface area contributed by atoms with Crippen molar-refractivity contribution in [2.24, 2.45) is 13.0 Å². The molecule has 1 aliphatic rings. The molecule has 0 saturated carbocycles. The van der Waals surface area contributed by atoms with Gasteiger partial charge >= 0.3 is 5.97 Å². The number of halogens is 1. The summed E-state index contributed by atoms with van der Waals surface area (Å²) in [6.45, 7) is 3.67. The average molecular weight is 332 g/mol. The van der Waals surface area contributed by atoms with Gasteiger partial charge in [-0.25, -0.2) is 4.39 Å². The van der Waals surface area contributed by atoms with Gasteiger partial charge in [-0.05, 0) is 18.9 Å². The normalized spacial score (nSPS) is 21.3. The lowest BCUT2D eigenvalue weighted by Gasteiger charge is -2.16. The Kier molecular flexibility index (Phi) is 4.62. The maximum absolute atomic E-state index is 14.0. The molecule has 1 aliphatic heterocycles. The topological polar surface area (TPSA) is 71.2 Å². The van der Waals surface area contributed by atoms with Gasteiger partial charge in [-0.2, -0.15) is 0 Å². The number of likely N-dealkylation sites (tertiary alicyclic amines) is 1. The predicted molar refractivity (Wildman–Crippen MR) is 85.9 cm³/mol. The van der Waals surface area contributed by atoms with E-state index in [1.54, 1.807) is 17.8 Å². The number of hydrogen-bond donors (Lipinski definition) is 1. The fraction of sp³-hybridized carbons (Fsp3) is 0.471. The highest BCUT2D eigenvalue weighted by Crippen LogP contribution is 2.34. The smallest absolute Gasteiger partial charge is 0.303 e. The zero-order valence-corrected chi connectivity index (χ0v) is 13.8. The maximum Gasteiger partial charge on any atom is 0.303 e. The number of carboxylic acids is 1. The summed E-state index contributed by atoms with van der Waals surface area (Å²) in [4.78, 5) is 13.3. The van der Waals surface area contributed by atoms with Crippen molar-refractivity contribution in [2.45, 2.75) is 25.8 Å². The first-order chi connectivity index (χ1) is 11.4. The van der Waals surface area contributed by atoms with Crippen LogP contribution in [0.2, 0.25) is 0 Å². The lowest BCUT2D eigenvalue weighted by atomic mass is 9.91. The lowest BCUT2D eigenvalue weighted by molar-refractivity contribution is -0.138. The molecule has 1 aromatic heterocycles. The van der Waals surface area contributed by atoms with Crippen LogP contribution in [0.25, 0.3) is 0 Å². The van der Waals surface area contributed by atoms with Crippen molar-refractivity contribution in [1.29, 1.82) is 0 Å². The van der Waals surface area contributed by atoms with E-state index in [9.17, 15) is 14.3 Å². The Hall–Kier alpha value is -2.28. The van der Waals surface area contributed by atoms with Crippen LogP contribution in [-0.2, 0) is 18.4 Å². The number of rotatable bonds is 5. The standard InChI is InChI=1S/C17H21FN4O2/c1-11-3-4-15(18)13(5-11)8-22-7-12(6-17(23)24)14(9-22)16-10-21(2)20-19-16/h3-5,10,12,14H,6-9H2,1-2H3,(H,23,24)/t12-,14+/m0/s1. The Morgan fingerprint density at radius 3 is 2.88 bits per heavy atom. The minimum absolute atomic E-state index is 0.00247. The second kappa shape index (κ2) is 6.68. The Morgan fingerprint density at radius 1 is 1.42 bits per heavy atom. The third kappa shape index (κ3) is 3.62. The highest BCUT2D eigenvalue weighted by Gasteiger charge is 2.36. The summed E-state index contributed by atoms with van der Waals surface area (Å²) in [5, 5.41) is 17.3. The van der Waals surface area contributed by atoms with E-state index in [0.29, 0.717) is 25.2 Å². The zero-order chi connectivity index (χ0) is 17.3. The Morgan fingerprint density at radius 2 is 2.21 bits per heavy atom. The summed E-state index contributed by atoms with van der Waals surface area (Å²) >= 11 is 0. The molecule has 0 radical (unpaired) electrons. The molecular formula is C17H21FN4O2. The van der Waals surface area contributed by atoms with Crippen LogP contribution in [0.1, 0.15) is 29.2 Å². The van der Waals surface area contributed by atoms with E-state index in [2.05, 4.69) is 15.2 Å². The molecular weight excluding hydrogens is 311 g/mol. The summed E-state index contributed by atoms with van der Waals surface area (Å²) < 4.78 is 15.6. The van der Waals surface area contributed by atoms with Crippen LogP contribution in [0, 0.1) is 18.7 Å². The van der Waals surface area contributed by atoms with Crippen LogP contribution in [0.15, 0.2) is 24.4 Å². The van der Waals surface area contributed by atoms with E-state index in [-0.39, 0.29) is 24.1 Å². The number of aryl methyl sites for hydroxylation is 2. The van der Waals surface area contributed by atoms with Gasteiger partial charge < -0.3 is 5.11 Å². The number of nitrogens with zero attached hydrogens (tertiary/aromatic N) is 4. The largest absolute Gasteiger partial charge is 0.481 e. The second-order valence-electron chi connectivity index (χ2n) is 6.57. The van der Waals surface area contributed by atoms with Gasteiger partial charge in [-0.15, -0.1) is 5.10 Å². The SMILES string of the molecule is Cc1ccc(F)c(CN2C[C@H](CC(=O)O)[C@H](c3cn(C)nn3)C2)c1. The number of aromatic nitrogens is 3. The summed E-state index contributed by atoms with van der Waals surface area (Å²) in [5.41, 5.74) is 2.46. The van der Waals surface area contributed by atoms with Gasteiger partial charge in [0.25, 0.3) is 0 Å². The molecule has 0 spiro atoms. The molecule has 24 heavy (non-hydrogen) atoms. The number of aliphatic carboxylic acids is 1. The molecule has 2 heterocycles. The van der Waals surface area contributed by atoms with Crippen molar-refractivity contribution in [3.8, 4) is 0 Å². The van der Waals surface area contributed by atoms with Crippen LogP contribution in [0.4, 0.5) is 4.39 Å². The molecule has 7 heteroatoms. The molecule has 1 fully saturated rings. The molecule has 0 amide bonds. The number of carbonyl (C=O) groups is 1. The highest BCUT2D eigenvalue weighted by atomic mass is 19.1. The summed E-state index contributed by atoms with van der Waals surface area (Å²) in [6, 6.07) is 5.07. The minimum Gasteiger partial charge on any atom is -0.481 e. The molecule has 0 unspecified atom stereocenters. The molecule has 0 aliphatic carbocycles. The number of benzene rings is 1. The Labute approximate surface area is 139 Å². The van der Waals surface area contributed by atoms with E-state index in [4.69, 9.17) is 0 Å². The van der Waals surface area contributed by atoms with Crippen LogP contribution in [0.5, 0.6) is 0 Å². The quantitative estimate of drug-likeness (QED) is 0.906. The van der Waals surface area contributed by atoms with Gasteiger partial charge in [0.2, 0.25) is 0 Å².